The molecule has 2 N–H and O–H groups in total. The smallest absolute Gasteiger partial charge is 0.407 e. The Bertz CT molecular complexity index is 519. The predicted octanol–water partition coefficient (Wildman–Crippen LogP) is 4.26. The van der Waals surface area contributed by atoms with E-state index in [0.717, 1.165) is 0 Å². The highest BCUT2D eigenvalue weighted by molar-refractivity contribution is 7.10. The zero-order valence-corrected chi connectivity index (χ0v) is 15.8. The fraction of sp³-hybridized carbons (Fsp3) is 0.722. The number of alkyl carbamates (subject to hydrolysis) is 1. The normalized spacial score (nSPS) is 19.3. The fourth-order valence-electron chi connectivity index (χ4n) is 2.91. The SMILES string of the molecule is CC(C)C(CNC(=O)OC(C)(C)C)NC1CCCc2sccc21. The molecule has 5 heteroatoms. The van der Waals surface area contributed by atoms with Crippen molar-refractivity contribution < 1.29 is 9.53 Å². The summed E-state index contributed by atoms with van der Waals surface area (Å²) in [6, 6.07) is 2.88. The third-order valence-electron chi connectivity index (χ3n) is 4.14. The first-order valence-corrected chi connectivity index (χ1v) is 9.43. The van der Waals surface area contributed by atoms with Gasteiger partial charge in [-0.1, -0.05) is 13.8 Å². The van der Waals surface area contributed by atoms with E-state index in [1.165, 1.54) is 29.7 Å². The maximum absolute atomic E-state index is 11.9. The maximum Gasteiger partial charge on any atom is 0.407 e. The van der Waals surface area contributed by atoms with E-state index in [9.17, 15) is 4.79 Å². The molecule has 2 unspecified atom stereocenters. The van der Waals surface area contributed by atoms with E-state index in [-0.39, 0.29) is 12.1 Å². The molecule has 0 radical (unpaired) electrons. The van der Waals surface area contributed by atoms with E-state index in [4.69, 9.17) is 4.74 Å². The third-order valence-corrected chi connectivity index (χ3v) is 5.13. The number of ether oxygens (including phenoxy) is 1. The van der Waals surface area contributed by atoms with Crippen LogP contribution in [0.3, 0.4) is 0 Å². The molecule has 1 aromatic heterocycles. The number of aryl methyl sites for hydroxylation is 1. The summed E-state index contributed by atoms with van der Waals surface area (Å²) in [5.74, 6) is 0.439. The van der Waals surface area contributed by atoms with Crippen LogP contribution in [-0.2, 0) is 11.2 Å². The van der Waals surface area contributed by atoms with Gasteiger partial charge < -0.3 is 15.4 Å². The highest BCUT2D eigenvalue weighted by Crippen LogP contribution is 2.33. The van der Waals surface area contributed by atoms with E-state index < -0.39 is 5.60 Å². The van der Waals surface area contributed by atoms with Gasteiger partial charge in [-0.2, -0.15) is 0 Å². The molecule has 1 heterocycles. The standard InChI is InChI=1S/C18H30N2O2S/c1-12(2)15(11-19-17(21)22-18(3,4)5)20-14-7-6-8-16-13(14)9-10-23-16/h9-10,12,14-15,20H,6-8,11H2,1-5H3,(H,19,21). The van der Waals surface area contributed by atoms with Crippen molar-refractivity contribution in [2.45, 2.75) is 71.6 Å². The molecule has 0 aliphatic heterocycles. The molecule has 1 amide bonds. The van der Waals surface area contributed by atoms with Gasteiger partial charge in [0.1, 0.15) is 5.60 Å². The van der Waals surface area contributed by atoms with Crippen LogP contribution in [-0.4, -0.2) is 24.3 Å². The van der Waals surface area contributed by atoms with Gasteiger partial charge in [0.05, 0.1) is 0 Å². The van der Waals surface area contributed by atoms with Crippen molar-refractivity contribution in [1.82, 2.24) is 10.6 Å². The Morgan fingerprint density at radius 1 is 1.43 bits per heavy atom. The average molecular weight is 339 g/mol. The molecule has 1 aromatic rings. The van der Waals surface area contributed by atoms with Gasteiger partial charge in [-0.25, -0.2) is 4.79 Å². The molecule has 0 spiro atoms. The maximum atomic E-state index is 11.9. The predicted molar refractivity (Wildman–Crippen MR) is 96.0 cm³/mol. The number of thiophene rings is 1. The number of hydrogen-bond acceptors (Lipinski definition) is 4. The molecule has 0 fully saturated rings. The Hall–Kier alpha value is -1.07. The summed E-state index contributed by atoms with van der Waals surface area (Å²) >= 11 is 1.86. The van der Waals surface area contributed by atoms with Crippen LogP contribution in [0.2, 0.25) is 0 Å². The Kier molecular flexibility index (Phi) is 6.09. The molecule has 2 atom stereocenters. The highest BCUT2D eigenvalue weighted by atomic mass is 32.1. The molecule has 0 aromatic carbocycles. The van der Waals surface area contributed by atoms with Crippen LogP contribution >= 0.6 is 11.3 Å². The van der Waals surface area contributed by atoms with Crippen molar-refractivity contribution in [2.75, 3.05) is 6.54 Å². The van der Waals surface area contributed by atoms with Gasteiger partial charge in [-0.05, 0) is 63.0 Å². The zero-order chi connectivity index (χ0) is 17.0. The zero-order valence-electron chi connectivity index (χ0n) is 14.9. The number of carbonyl (C=O) groups is 1. The molecule has 1 aliphatic rings. The largest absolute Gasteiger partial charge is 0.444 e. The average Bonchev–Trinajstić information content (AvgIpc) is 2.90. The van der Waals surface area contributed by atoms with Crippen LogP contribution in [0.25, 0.3) is 0 Å². The Labute approximate surface area is 144 Å². The van der Waals surface area contributed by atoms with Crippen LogP contribution in [0, 0.1) is 5.92 Å². The monoisotopic (exact) mass is 338 g/mol. The van der Waals surface area contributed by atoms with Crippen molar-refractivity contribution in [1.29, 1.82) is 0 Å². The molecular formula is C18H30N2O2S. The Morgan fingerprint density at radius 3 is 2.83 bits per heavy atom. The van der Waals surface area contributed by atoms with Crippen LogP contribution in [0.15, 0.2) is 11.4 Å². The van der Waals surface area contributed by atoms with Crippen molar-refractivity contribution in [3.05, 3.63) is 21.9 Å². The molecule has 0 saturated carbocycles. The summed E-state index contributed by atoms with van der Waals surface area (Å²) in [6.45, 7) is 10.6. The second-order valence-electron chi connectivity index (χ2n) is 7.64. The highest BCUT2D eigenvalue weighted by Gasteiger charge is 2.25. The van der Waals surface area contributed by atoms with E-state index in [0.29, 0.717) is 18.5 Å². The summed E-state index contributed by atoms with van der Waals surface area (Å²) < 4.78 is 5.33. The molecule has 0 bridgehead atoms. The van der Waals surface area contributed by atoms with Gasteiger partial charge in [-0.15, -0.1) is 11.3 Å². The number of hydrogen-bond donors (Lipinski definition) is 2. The van der Waals surface area contributed by atoms with Gasteiger partial charge in [-0.3, -0.25) is 0 Å². The van der Waals surface area contributed by atoms with Crippen molar-refractivity contribution in [2.24, 2.45) is 5.92 Å². The summed E-state index contributed by atoms with van der Waals surface area (Å²) in [6.07, 6.45) is 3.26. The quantitative estimate of drug-likeness (QED) is 0.843. The van der Waals surface area contributed by atoms with Gasteiger partial charge in [0.15, 0.2) is 0 Å². The Morgan fingerprint density at radius 2 is 2.17 bits per heavy atom. The van der Waals surface area contributed by atoms with Crippen LogP contribution in [0.1, 0.15) is 63.9 Å². The number of carbonyl (C=O) groups excluding carboxylic acids is 1. The van der Waals surface area contributed by atoms with Gasteiger partial charge in [0, 0.05) is 23.5 Å². The van der Waals surface area contributed by atoms with Gasteiger partial charge in [0.25, 0.3) is 0 Å². The van der Waals surface area contributed by atoms with Gasteiger partial charge >= 0.3 is 6.09 Å². The first kappa shape index (κ1) is 18.3. The van der Waals surface area contributed by atoms with Crippen molar-refractivity contribution in [3.63, 3.8) is 0 Å². The lowest BCUT2D eigenvalue weighted by Gasteiger charge is -2.31. The molecule has 4 nitrogen and oxygen atoms in total. The van der Waals surface area contributed by atoms with Crippen LogP contribution < -0.4 is 10.6 Å². The Balaban J connectivity index is 1.92. The summed E-state index contributed by atoms with van der Waals surface area (Å²) in [5.41, 5.74) is 0.990. The lowest BCUT2D eigenvalue weighted by atomic mass is 9.92. The summed E-state index contributed by atoms with van der Waals surface area (Å²) in [7, 11) is 0. The molecule has 2 rings (SSSR count). The fourth-order valence-corrected chi connectivity index (χ4v) is 3.90. The van der Waals surface area contributed by atoms with Crippen molar-refractivity contribution in [3.8, 4) is 0 Å². The van der Waals surface area contributed by atoms with E-state index in [1.54, 1.807) is 0 Å². The molecular weight excluding hydrogens is 308 g/mol. The minimum absolute atomic E-state index is 0.235. The minimum atomic E-state index is -0.459. The molecule has 23 heavy (non-hydrogen) atoms. The summed E-state index contributed by atoms with van der Waals surface area (Å²) in [5, 5.41) is 8.85. The van der Waals surface area contributed by atoms with E-state index >= 15 is 0 Å². The van der Waals surface area contributed by atoms with Crippen LogP contribution in [0.4, 0.5) is 4.79 Å². The molecule has 0 saturated heterocycles. The van der Waals surface area contributed by atoms with Gasteiger partial charge in [0.2, 0.25) is 0 Å². The number of rotatable bonds is 5. The lowest BCUT2D eigenvalue weighted by molar-refractivity contribution is 0.0518. The van der Waals surface area contributed by atoms with Crippen molar-refractivity contribution >= 4 is 17.4 Å². The minimum Gasteiger partial charge on any atom is -0.444 e. The number of amides is 1. The lowest BCUT2D eigenvalue weighted by Crippen LogP contribution is -2.47. The third kappa shape index (κ3) is 5.50. The molecule has 130 valence electrons. The topological polar surface area (TPSA) is 50.4 Å². The number of nitrogens with one attached hydrogen (secondary N) is 2. The first-order chi connectivity index (χ1) is 10.8. The molecule has 1 aliphatic carbocycles. The van der Waals surface area contributed by atoms with E-state index in [2.05, 4.69) is 35.9 Å². The first-order valence-electron chi connectivity index (χ1n) is 8.55. The van der Waals surface area contributed by atoms with E-state index in [1.807, 2.05) is 32.1 Å². The van der Waals surface area contributed by atoms with Crippen LogP contribution in [0.5, 0.6) is 0 Å². The second-order valence-corrected chi connectivity index (χ2v) is 8.64. The summed E-state index contributed by atoms with van der Waals surface area (Å²) in [4.78, 5) is 13.4. The second kappa shape index (κ2) is 7.67. The number of fused-ring (bicyclic) bond motifs is 1.